The predicted octanol–water partition coefficient (Wildman–Crippen LogP) is 2.37. The molecule has 0 aliphatic carbocycles. The van der Waals surface area contributed by atoms with Gasteiger partial charge in [-0.2, -0.15) is 0 Å². The van der Waals surface area contributed by atoms with Crippen LogP contribution in [-0.4, -0.2) is 55.5 Å². The Morgan fingerprint density at radius 3 is 2.34 bits per heavy atom. The molecule has 32 heavy (non-hydrogen) atoms. The molecule has 0 aliphatic rings. The molecule has 1 aromatic carbocycles. The fourth-order valence-corrected chi connectivity index (χ4v) is 3.28. The zero-order valence-electron chi connectivity index (χ0n) is 18.2. The number of methoxy groups -OCH3 is 2. The van der Waals surface area contributed by atoms with Crippen LogP contribution in [0.3, 0.4) is 0 Å². The van der Waals surface area contributed by atoms with Crippen LogP contribution in [0.25, 0.3) is 0 Å². The molecule has 172 valence electrons. The van der Waals surface area contributed by atoms with E-state index in [1.807, 2.05) is 0 Å². The number of aryl methyl sites for hydroxylation is 1. The molecule has 1 atom stereocenters. The van der Waals surface area contributed by atoms with E-state index in [4.69, 9.17) is 36.3 Å². The fraction of sp³-hybridized carbons (Fsp3) is 0.333. The highest BCUT2D eigenvalue weighted by molar-refractivity contribution is 6.32. The van der Waals surface area contributed by atoms with Crippen molar-refractivity contribution in [2.45, 2.75) is 26.9 Å². The standard InChI is InChI=1S/C21H23ClN2O8/c1-9-16(21(28)30-5)10(2)24-17(9)18(26)11(3)32-20(27)12-6-13(22)19(14(7-12)29-4)31-8-15(23)25/h6-7,11,24H,8H2,1-5H3,(H2,23,25). The van der Waals surface area contributed by atoms with Crippen LogP contribution in [0.15, 0.2) is 12.1 Å². The Bertz CT molecular complexity index is 1080. The maximum Gasteiger partial charge on any atom is 0.339 e. The average Bonchev–Trinajstić information content (AvgIpc) is 3.04. The summed E-state index contributed by atoms with van der Waals surface area (Å²) in [5.74, 6) is -2.58. The second-order valence-corrected chi connectivity index (χ2v) is 7.18. The minimum absolute atomic E-state index is 0.00689. The molecule has 1 heterocycles. The number of amides is 1. The minimum Gasteiger partial charge on any atom is -0.493 e. The van der Waals surface area contributed by atoms with E-state index in [0.717, 1.165) is 0 Å². The van der Waals surface area contributed by atoms with Crippen molar-refractivity contribution in [2.75, 3.05) is 20.8 Å². The molecule has 11 heteroatoms. The number of aromatic nitrogens is 1. The van der Waals surface area contributed by atoms with Gasteiger partial charge in [0, 0.05) is 5.69 Å². The number of nitrogens with one attached hydrogen (secondary N) is 1. The van der Waals surface area contributed by atoms with E-state index in [2.05, 4.69) is 4.98 Å². The number of esters is 2. The summed E-state index contributed by atoms with van der Waals surface area (Å²) in [6.45, 7) is 4.18. The molecule has 2 rings (SSSR count). The predicted molar refractivity (Wildman–Crippen MR) is 114 cm³/mol. The smallest absolute Gasteiger partial charge is 0.339 e. The van der Waals surface area contributed by atoms with Crippen LogP contribution >= 0.6 is 11.6 Å². The van der Waals surface area contributed by atoms with E-state index in [1.54, 1.807) is 13.8 Å². The lowest BCUT2D eigenvalue weighted by Crippen LogP contribution is -2.25. The van der Waals surface area contributed by atoms with Crippen molar-refractivity contribution in [1.29, 1.82) is 0 Å². The molecule has 0 radical (unpaired) electrons. The van der Waals surface area contributed by atoms with E-state index >= 15 is 0 Å². The molecule has 0 spiro atoms. The lowest BCUT2D eigenvalue weighted by Gasteiger charge is -2.15. The van der Waals surface area contributed by atoms with E-state index in [9.17, 15) is 19.2 Å². The fourth-order valence-electron chi connectivity index (χ4n) is 3.01. The van der Waals surface area contributed by atoms with Crippen LogP contribution < -0.4 is 15.2 Å². The maximum atomic E-state index is 12.8. The normalized spacial score (nSPS) is 11.4. The second kappa shape index (κ2) is 10.2. The molecule has 1 aromatic heterocycles. The van der Waals surface area contributed by atoms with Crippen molar-refractivity contribution in [1.82, 2.24) is 4.98 Å². The Morgan fingerprint density at radius 1 is 1.12 bits per heavy atom. The summed E-state index contributed by atoms with van der Waals surface area (Å²) in [5.41, 5.74) is 6.28. The van der Waals surface area contributed by atoms with Gasteiger partial charge in [-0.05, 0) is 38.5 Å². The summed E-state index contributed by atoms with van der Waals surface area (Å²) in [5, 5.41) is -0.0184. The number of carbonyl (C=O) groups is 4. The van der Waals surface area contributed by atoms with Gasteiger partial charge in [-0.25, -0.2) is 9.59 Å². The number of carbonyl (C=O) groups excluding carboxylic acids is 4. The molecule has 1 amide bonds. The highest BCUT2D eigenvalue weighted by Crippen LogP contribution is 2.36. The van der Waals surface area contributed by atoms with E-state index in [-0.39, 0.29) is 33.3 Å². The molecule has 0 saturated heterocycles. The quantitative estimate of drug-likeness (QED) is 0.422. The largest absolute Gasteiger partial charge is 0.493 e. The first kappa shape index (κ1) is 24.7. The number of hydrogen-bond acceptors (Lipinski definition) is 8. The van der Waals surface area contributed by atoms with Gasteiger partial charge in [-0.1, -0.05) is 11.6 Å². The highest BCUT2D eigenvalue weighted by atomic mass is 35.5. The lowest BCUT2D eigenvalue weighted by atomic mass is 10.1. The Kier molecular flexibility index (Phi) is 7.87. The van der Waals surface area contributed by atoms with E-state index in [1.165, 1.54) is 33.3 Å². The van der Waals surface area contributed by atoms with Crippen LogP contribution in [0, 0.1) is 13.8 Å². The average molecular weight is 467 g/mol. The molecular formula is C21H23ClN2O8. The lowest BCUT2D eigenvalue weighted by molar-refractivity contribution is -0.119. The van der Waals surface area contributed by atoms with Crippen LogP contribution in [0.1, 0.15) is 49.4 Å². The van der Waals surface area contributed by atoms with Gasteiger partial charge in [0.1, 0.15) is 0 Å². The molecule has 1 unspecified atom stereocenters. The summed E-state index contributed by atoms with van der Waals surface area (Å²) in [6.07, 6.45) is -1.18. The number of rotatable bonds is 9. The van der Waals surface area contributed by atoms with Gasteiger partial charge < -0.3 is 29.7 Å². The zero-order chi connectivity index (χ0) is 24.2. The number of benzene rings is 1. The van der Waals surface area contributed by atoms with Crippen LogP contribution in [-0.2, 0) is 14.3 Å². The van der Waals surface area contributed by atoms with Gasteiger partial charge in [-0.15, -0.1) is 0 Å². The van der Waals surface area contributed by atoms with Gasteiger partial charge >= 0.3 is 11.9 Å². The summed E-state index contributed by atoms with van der Waals surface area (Å²) in [7, 11) is 2.56. The van der Waals surface area contributed by atoms with E-state index in [0.29, 0.717) is 11.3 Å². The number of halogens is 1. The molecule has 10 nitrogen and oxygen atoms in total. The first-order chi connectivity index (χ1) is 15.0. The van der Waals surface area contributed by atoms with Crippen LogP contribution in [0.5, 0.6) is 11.5 Å². The minimum atomic E-state index is -1.18. The Morgan fingerprint density at radius 2 is 1.78 bits per heavy atom. The Balaban J connectivity index is 2.24. The number of ketones is 1. The van der Waals surface area contributed by atoms with Gasteiger partial charge in [0.15, 0.2) is 24.2 Å². The maximum absolute atomic E-state index is 12.8. The topological polar surface area (TPSA) is 147 Å². The van der Waals surface area contributed by atoms with Gasteiger partial charge in [0.05, 0.1) is 36.1 Å². The summed E-state index contributed by atoms with van der Waals surface area (Å²) in [4.78, 5) is 51.2. The monoisotopic (exact) mass is 466 g/mol. The van der Waals surface area contributed by atoms with E-state index < -0.39 is 36.3 Å². The number of primary amides is 1. The van der Waals surface area contributed by atoms with Crippen molar-refractivity contribution in [2.24, 2.45) is 5.73 Å². The van der Waals surface area contributed by atoms with Crippen LogP contribution in [0.2, 0.25) is 5.02 Å². The van der Waals surface area contributed by atoms with Crippen molar-refractivity contribution < 1.29 is 38.1 Å². The first-order valence-corrected chi connectivity index (χ1v) is 9.70. The molecule has 0 saturated carbocycles. The number of nitrogens with two attached hydrogens (primary N) is 1. The van der Waals surface area contributed by atoms with Crippen LogP contribution in [0.4, 0.5) is 0 Å². The molecule has 3 N–H and O–H groups in total. The third-order valence-corrected chi connectivity index (χ3v) is 4.83. The Labute approximate surface area is 188 Å². The number of ether oxygens (including phenoxy) is 4. The Hall–Kier alpha value is -3.53. The number of Topliss-reactive ketones (excluding diaryl/α,β-unsaturated/α-hetero) is 1. The van der Waals surface area contributed by atoms with Crippen molar-refractivity contribution in [3.05, 3.63) is 45.2 Å². The number of hydrogen-bond donors (Lipinski definition) is 2. The van der Waals surface area contributed by atoms with Crippen molar-refractivity contribution in [3.8, 4) is 11.5 Å². The summed E-state index contributed by atoms with van der Waals surface area (Å²) < 4.78 is 20.4. The number of H-pyrrole nitrogens is 1. The summed E-state index contributed by atoms with van der Waals surface area (Å²) in [6, 6.07) is 2.54. The van der Waals surface area contributed by atoms with Gasteiger partial charge in [-0.3, -0.25) is 9.59 Å². The third kappa shape index (κ3) is 5.20. The molecular weight excluding hydrogens is 444 g/mol. The number of aromatic amines is 1. The molecule has 2 aromatic rings. The molecule has 0 aliphatic heterocycles. The zero-order valence-corrected chi connectivity index (χ0v) is 18.9. The van der Waals surface area contributed by atoms with Crippen molar-refractivity contribution in [3.63, 3.8) is 0 Å². The SMILES string of the molecule is COC(=O)c1c(C)[nH]c(C(=O)C(C)OC(=O)c2cc(Cl)c(OCC(N)=O)c(OC)c2)c1C. The van der Waals surface area contributed by atoms with Gasteiger partial charge in [0.2, 0.25) is 5.78 Å². The first-order valence-electron chi connectivity index (χ1n) is 9.33. The second-order valence-electron chi connectivity index (χ2n) is 6.77. The molecule has 0 bridgehead atoms. The summed E-state index contributed by atoms with van der Waals surface area (Å²) >= 11 is 6.14. The molecule has 0 fully saturated rings. The highest BCUT2D eigenvalue weighted by Gasteiger charge is 2.28. The van der Waals surface area contributed by atoms with Gasteiger partial charge in [0.25, 0.3) is 5.91 Å². The van der Waals surface area contributed by atoms with Crippen molar-refractivity contribution >= 4 is 35.2 Å². The third-order valence-electron chi connectivity index (χ3n) is 4.55.